The van der Waals surface area contributed by atoms with Crippen LogP contribution in [0.15, 0.2) is 30.3 Å². The minimum Gasteiger partial charge on any atom is -0.397 e. The van der Waals surface area contributed by atoms with Gasteiger partial charge in [-0.05, 0) is 13.8 Å². The van der Waals surface area contributed by atoms with Crippen LogP contribution in [0.25, 0.3) is 0 Å². The zero-order valence-corrected chi connectivity index (χ0v) is 9.86. The Labute approximate surface area is 96.7 Å². The third-order valence-corrected chi connectivity index (χ3v) is 1.64. The molecule has 16 heavy (non-hydrogen) atoms. The number of nitrogens with one attached hydrogen (secondary N) is 2. The molecule has 0 unspecified atom stereocenters. The maximum atomic E-state index is 10.0. The highest BCUT2D eigenvalue weighted by atomic mass is 16.2. The van der Waals surface area contributed by atoms with E-state index in [1.165, 1.54) is 5.56 Å². The number of hydrogen-bond donors (Lipinski definition) is 3. The Kier molecular flexibility index (Phi) is 9.02. The first kappa shape index (κ1) is 14.5. The quantitative estimate of drug-likeness (QED) is 0.622. The van der Waals surface area contributed by atoms with E-state index in [2.05, 4.69) is 29.7 Å². The minimum absolute atomic E-state index is 0.0463. The predicted octanol–water partition coefficient (Wildman–Crippen LogP) is 1.29. The van der Waals surface area contributed by atoms with Crippen molar-refractivity contribution in [2.75, 3.05) is 19.7 Å². The number of carbonyl (C=O) groups excluding carboxylic acids is 1. The maximum absolute atomic E-state index is 10.0. The first-order chi connectivity index (χ1) is 7.70. The highest BCUT2D eigenvalue weighted by Crippen LogP contribution is 1.92. The smallest absolute Gasteiger partial charge is 0.314 e. The van der Waals surface area contributed by atoms with Crippen molar-refractivity contribution in [1.29, 1.82) is 0 Å². The van der Waals surface area contributed by atoms with Crippen LogP contribution in [0, 0.1) is 6.92 Å². The van der Waals surface area contributed by atoms with Crippen LogP contribution in [0.1, 0.15) is 12.5 Å². The summed E-state index contributed by atoms with van der Waals surface area (Å²) in [6.07, 6.45) is 0. The summed E-state index contributed by atoms with van der Waals surface area (Å²) in [5, 5.41) is 12.7. The number of amides is 2. The highest BCUT2D eigenvalue weighted by molar-refractivity contribution is 5.75. The van der Waals surface area contributed by atoms with Gasteiger partial charge in [0.1, 0.15) is 0 Å². The molecule has 2 amide bonds. The van der Waals surface area contributed by atoms with Crippen LogP contribution >= 0.6 is 0 Å². The van der Waals surface area contributed by atoms with Gasteiger partial charge in [0.05, 0.1) is 0 Å². The fourth-order valence-electron chi connectivity index (χ4n) is 0.949. The lowest BCUT2D eigenvalue weighted by Crippen LogP contribution is -2.20. The van der Waals surface area contributed by atoms with Crippen LogP contribution in [0.5, 0.6) is 0 Å². The zero-order chi connectivity index (χ0) is 12.2. The van der Waals surface area contributed by atoms with Gasteiger partial charge in [0, 0.05) is 19.7 Å². The number of carbonyl (C=O) groups is 1. The molecular formula is C12H20N2O2. The summed E-state index contributed by atoms with van der Waals surface area (Å²) in [5.41, 5.74) is 1.32. The Morgan fingerprint density at radius 2 is 1.62 bits per heavy atom. The van der Waals surface area contributed by atoms with Crippen LogP contribution in [0.3, 0.4) is 0 Å². The lowest BCUT2D eigenvalue weighted by Gasteiger charge is -1.82. The molecule has 4 heteroatoms. The average molecular weight is 224 g/mol. The summed E-state index contributed by atoms with van der Waals surface area (Å²) in [6, 6.07) is 10.2. The van der Waals surface area contributed by atoms with E-state index < -0.39 is 0 Å². The largest absolute Gasteiger partial charge is 0.397 e. The Hall–Kier alpha value is -1.55. The Morgan fingerprint density at radius 3 is 1.81 bits per heavy atom. The van der Waals surface area contributed by atoms with Gasteiger partial charge in [-0.25, -0.2) is 4.79 Å². The average Bonchev–Trinajstić information content (AvgIpc) is 2.72. The van der Waals surface area contributed by atoms with Crippen molar-refractivity contribution in [3.8, 4) is 0 Å². The van der Waals surface area contributed by atoms with E-state index in [0.29, 0.717) is 0 Å². The van der Waals surface area contributed by atoms with Crippen LogP contribution in [-0.2, 0) is 0 Å². The van der Waals surface area contributed by atoms with Crippen LogP contribution in [0.4, 0.5) is 4.79 Å². The van der Waals surface area contributed by atoms with E-state index in [9.17, 15) is 4.79 Å². The number of benzene rings is 1. The second-order valence-electron chi connectivity index (χ2n) is 3.15. The number of hydrogen-bond acceptors (Lipinski definition) is 2. The molecule has 1 aromatic rings. The van der Waals surface area contributed by atoms with Gasteiger partial charge >= 0.3 is 6.03 Å². The minimum atomic E-state index is -0.0463. The summed E-state index contributed by atoms with van der Waals surface area (Å²) in [5.74, 6) is 0. The SMILES string of the molecule is CCO.Cc1ccccc1.O=C1NCCN1. The van der Waals surface area contributed by atoms with E-state index in [4.69, 9.17) is 5.11 Å². The molecule has 0 atom stereocenters. The number of aliphatic hydroxyl groups excluding tert-OH is 1. The molecule has 2 rings (SSSR count). The number of urea groups is 1. The topological polar surface area (TPSA) is 61.4 Å². The normalized spacial score (nSPS) is 12.3. The fraction of sp³-hybridized carbons (Fsp3) is 0.417. The molecule has 1 aliphatic heterocycles. The van der Waals surface area contributed by atoms with Gasteiger partial charge in [0.15, 0.2) is 0 Å². The van der Waals surface area contributed by atoms with Crippen molar-refractivity contribution >= 4 is 6.03 Å². The van der Waals surface area contributed by atoms with Crippen molar-refractivity contribution in [1.82, 2.24) is 10.6 Å². The van der Waals surface area contributed by atoms with E-state index in [0.717, 1.165) is 13.1 Å². The number of rotatable bonds is 0. The summed E-state index contributed by atoms with van der Waals surface area (Å²) >= 11 is 0. The Balaban J connectivity index is 0.000000230. The molecule has 1 fully saturated rings. The third kappa shape index (κ3) is 9.02. The van der Waals surface area contributed by atoms with Gasteiger partial charge < -0.3 is 15.7 Å². The van der Waals surface area contributed by atoms with Gasteiger partial charge in [0.25, 0.3) is 0 Å². The van der Waals surface area contributed by atoms with E-state index in [1.54, 1.807) is 6.92 Å². The molecule has 0 aromatic heterocycles. The van der Waals surface area contributed by atoms with Gasteiger partial charge in [-0.1, -0.05) is 35.9 Å². The summed E-state index contributed by atoms with van der Waals surface area (Å²) in [6.45, 7) is 5.57. The first-order valence-electron chi connectivity index (χ1n) is 5.35. The molecule has 90 valence electrons. The molecule has 1 aliphatic rings. The van der Waals surface area contributed by atoms with Crippen molar-refractivity contribution in [3.05, 3.63) is 35.9 Å². The standard InChI is InChI=1S/C7H8.C3H6N2O.C2H6O/c1-7-5-3-2-4-6-7;6-3-4-1-2-5-3;1-2-3/h2-6H,1H3;1-2H2,(H2,4,5,6);3H,2H2,1H3. The van der Waals surface area contributed by atoms with Crippen molar-refractivity contribution in [2.24, 2.45) is 0 Å². The molecule has 0 aliphatic carbocycles. The maximum Gasteiger partial charge on any atom is 0.314 e. The van der Waals surface area contributed by atoms with Gasteiger partial charge in [-0.2, -0.15) is 0 Å². The highest BCUT2D eigenvalue weighted by Gasteiger charge is 2.02. The molecule has 0 saturated carbocycles. The van der Waals surface area contributed by atoms with Gasteiger partial charge in [-0.3, -0.25) is 0 Å². The monoisotopic (exact) mass is 224 g/mol. The number of aryl methyl sites for hydroxylation is 1. The van der Waals surface area contributed by atoms with Crippen molar-refractivity contribution in [2.45, 2.75) is 13.8 Å². The van der Waals surface area contributed by atoms with Crippen LogP contribution in [0.2, 0.25) is 0 Å². The first-order valence-corrected chi connectivity index (χ1v) is 5.35. The molecule has 3 N–H and O–H groups in total. The van der Waals surface area contributed by atoms with Crippen molar-refractivity contribution < 1.29 is 9.90 Å². The summed E-state index contributed by atoms with van der Waals surface area (Å²) in [7, 11) is 0. The molecule has 0 spiro atoms. The van der Waals surface area contributed by atoms with Gasteiger partial charge in [-0.15, -0.1) is 0 Å². The number of aliphatic hydroxyl groups is 1. The lowest BCUT2D eigenvalue weighted by atomic mass is 10.2. The van der Waals surface area contributed by atoms with E-state index in [-0.39, 0.29) is 12.6 Å². The molecule has 1 saturated heterocycles. The zero-order valence-electron chi connectivity index (χ0n) is 9.86. The van der Waals surface area contributed by atoms with E-state index in [1.807, 2.05) is 18.2 Å². The Bertz CT molecular complexity index is 268. The Morgan fingerprint density at radius 1 is 1.19 bits per heavy atom. The second kappa shape index (κ2) is 9.98. The molecule has 0 bridgehead atoms. The molecule has 1 aromatic carbocycles. The molecular weight excluding hydrogens is 204 g/mol. The predicted molar refractivity (Wildman–Crippen MR) is 65.3 cm³/mol. The third-order valence-electron chi connectivity index (χ3n) is 1.64. The fourth-order valence-corrected chi connectivity index (χ4v) is 0.949. The van der Waals surface area contributed by atoms with Crippen LogP contribution in [-0.4, -0.2) is 30.8 Å². The van der Waals surface area contributed by atoms with Crippen molar-refractivity contribution in [3.63, 3.8) is 0 Å². The summed E-state index contributed by atoms with van der Waals surface area (Å²) in [4.78, 5) is 10.0. The van der Waals surface area contributed by atoms with Gasteiger partial charge in [0.2, 0.25) is 0 Å². The molecule has 0 radical (unpaired) electrons. The van der Waals surface area contributed by atoms with E-state index >= 15 is 0 Å². The lowest BCUT2D eigenvalue weighted by molar-refractivity contribution is 0.248. The molecule has 1 heterocycles. The second-order valence-corrected chi connectivity index (χ2v) is 3.15. The molecule has 4 nitrogen and oxygen atoms in total. The summed E-state index contributed by atoms with van der Waals surface area (Å²) < 4.78 is 0. The van der Waals surface area contributed by atoms with Crippen LogP contribution < -0.4 is 10.6 Å².